The van der Waals surface area contributed by atoms with Gasteiger partial charge < -0.3 is 14.6 Å². The van der Waals surface area contributed by atoms with E-state index in [1.54, 1.807) is 24.3 Å². The lowest BCUT2D eigenvalue weighted by Crippen LogP contribution is -2.25. The molecule has 5 nitrogen and oxygen atoms in total. The summed E-state index contributed by atoms with van der Waals surface area (Å²) in [5.41, 5.74) is 4.05. The van der Waals surface area contributed by atoms with Crippen molar-refractivity contribution in [3.05, 3.63) is 94.8 Å². The molecule has 3 aromatic carbocycles. The summed E-state index contributed by atoms with van der Waals surface area (Å²) in [6.07, 6.45) is 3.60. The molecule has 0 aliphatic carbocycles. The summed E-state index contributed by atoms with van der Waals surface area (Å²) < 4.78 is 8.29. The first-order valence-corrected chi connectivity index (χ1v) is 13.1. The minimum atomic E-state index is -0.111. The number of halogens is 1. The van der Waals surface area contributed by atoms with E-state index in [1.165, 1.54) is 5.56 Å². The molecule has 6 heteroatoms. The Morgan fingerprint density at radius 2 is 1.86 bits per heavy atom. The molecule has 0 fully saturated rings. The number of benzene rings is 3. The fourth-order valence-electron chi connectivity index (χ4n) is 4.29. The third-order valence-corrected chi connectivity index (χ3v) is 6.77. The van der Waals surface area contributed by atoms with Crippen LogP contribution in [-0.4, -0.2) is 28.6 Å². The molecular weight excluding hydrogens is 470 g/mol. The van der Waals surface area contributed by atoms with Gasteiger partial charge in [0.05, 0.1) is 17.6 Å². The van der Waals surface area contributed by atoms with Crippen LogP contribution in [0.1, 0.15) is 60.8 Å². The molecule has 0 saturated heterocycles. The number of hydrogen-bond donors (Lipinski definition) is 1. The van der Waals surface area contributed by atoms with Gasteiger partial charge in [0.2, 0.25) is 0 Å². The van der Waals surface area contributed by atoms with Gasteiger partial charge in [-0.15, -0.1) is 0 Å². The van der Waals surface area contributed by atoms with Crippen molar-refractivity contribution in [1.82, 2.24) is 14.9 Å². The second-order valence-electron chi connectivity index (χ2n) is 9.12. The van der Waals surface area contributed by atoms with Crippen LogP contribution in [0.2, 0.25) is 5.02 Å². The Balaban J connectivity index is 1.30. The predicted molar refractivity (Wildman–Crippen MR) is 147 cm³/mol. The fourth-order valence-corrected chi connectivity index (χ4v) is 4.48. The molecule has 0 spiro atoms. The molecule has 1 N–H and O–H groups in total. The van der Waals surface area contributed by atoms with Crippen LogP contribution in [0.25, 0.3) is 11.0 Å². The van der Waals surface area contributed by atoms with Gasteiger partial charge in [-0.25, -0.2) is 4.98 Å². The van der Waals surface area contributed by atoms with E-state index < -0.39 is 0 Å². The van der Waals surface area contributed by atoms with E-state index in [1.807, 2.05) is 18.2 Å². The molecule has 0 aliphatic rings. The zero-order chi connectivity index (χ0) is 25.3. The zero-order valence-corrected chi connectivity index (χ0v) is 21.8. The van der Waals surface area contributed by atoms with Gasteiger partial charge in [-0.1, -0.05) is 55.8 Å². The highest BCUT2D eigenvalue weighted by Crippen LogP contribution is 2.22. The topological polar surface area (TPSA) is 56.1 Å². The Bertz CT molecular complexity index is 1280. The molecule has 0 saturated carbocycles. The number of nitrogens with one attached hydrogen (secondary N) is 1. The van der Waals surface area contributed by atoms with E-state index >= 15 is 0 Å². The smallest absolute Gasteiger partial charge is 0.251 e. The second-order valence-corrected chi connectivity index (χ2v) is 9.55. The number of nitrogens with zero attached hydrogens (tertiary/aromatic N) is 2. The maximum absolute atomic E-state index is 12.4. The highest BCUT2D eigenvalue weighted by molar-refractivity contribution is 6.30. The molecule has 1 aromatic heterocycles. The van der Waals surface area contributed by atoms with E-state index in [2.05, 4.69) is 54.1 Å². The summed E-state index contributed by atoms with van der Waals surface area (Å²) in [6.45, 7) is 6.50. The largest absolute Gasteiger partial charge is 0.494 e. The number of amides is 1. The van der Waals surface area contributed by atoms with Crippen LogP contribution in [0.5, 0.6) is 5.75 Å². The fraction of sp³-hybridized carbons (Fsp3) is 0.333. The molecule has 4 aromatic rings. The van der Waals surface area contributed by atoms with Gasteiger partial charge in [0.25, 0.3) is 5.91 Å². The first-order chi connectivity index (χ1) is 17.5. The number of rotatable bonds is 12. The lowest BCUT2D eigenvalue weighted by atomic mass is 9.99. The Morgan fingerprint density at radius 3 is 2.64 bits per heavy atom. The van der Waals surface area contributed by atoms with Crippen LogP contribution >= 0.6 is 11.6 Å². The van der Waals surface area contributed by atoms with Crippen molar-refractivity contribution in [2.45, 2.75) is 52.0 Å². The van der Waals surface area contributed by atoms with E-state index in [0.717, 1.165) is 54.8 Å². The molecule has 1 unspecified atom stereocenters. The molecule has 1 atom stereocenters. The van der Waals surface area contributed by atoms with E-state index in [4.69, 9.17) is 21.3 Å². The number of ether oxygens (including phenoxy) is 1. The molecule has 36 heavy (non-hydrogen) atoms. The van der Waals surface area contributed by atoms with Crippen LogP contribution in [0.4, 0.5) is 0 Å². The second kappa shape index (κ2) is 12.6. The number of fused-ring (bicyclic) bond motifs is 1. The summed E-state index contributed by atoms with van der Waals surface area (Å²) in [7, 11) is 0. The average Bonchev–Trinajstić information content (AvgIpc) is 3.26. The number of aryl methyl sites for hydroxylation is 2. The van der Waals surface area contributed by atoms with Crippen molar-refractivity contribution in [2.24, 2.45) is 0 Å². The zero-order valence-electron chi connectivity index (χ0n) is 21.0. The molecule has 188 valence electrons. The van der Waals surface area contributed by atoms with Crippen LogP contribution in [0, 0.1) is 0 Å². The highest BCUT2D eigenvalue weighted by atomic mass is 35.5. The summed E-state index contributed by atoms with van der Waals surface area (Å²) in [4.78, 5) is 17.2. The maximum atomic E-state index is 12.4. The minimum absolute atomic E-state index is 0.111. The predicted octanol–water partition coefficient (Wildman–Crippen LogP) is 7.03. The number of imidazole rings is 1. The van der Waals surface area contributed by atoms with Gasteiger partial charge in [-0.2, -0.15) is 0 Å². The minimum Gasteiger partial charge on any atom is -0.494 e. The van der Waals surface area contributed by atoms with Crippen molar-refractivity contribution >= 4 is 28.5 Å². The van der Waals surface area contributed by atoms with Crippen LogP contribution in [0.3, 0.4) is 0 Å². The molecule has 1 amide bonds. The lowest BCUT2D eigenvalue weighted by Gasteiger charge is -2.12. The van der Waals surface area contributed by atoms with Gasteiger partial charge in [0.1, 0.15) is 11.6 Å². The molecule has 0 bridgehead atoms. The third kappa shape index (κ3) is 6.67. The van der Waals surface area contributed by atoms with Gasteiger partial charge in [0.15, 0.2) is 0 Å². The van der Waals surface area contributed by atoms with Crippen molar-refractivity contribution in [1.29, 1.82) is 0 Å². The number of hydrogen-bond acceptors (Lipinski definition) is 3. The van der Waals surface area contributed by atoms with E-state index in [0.29, 0.717) is 29.7 Å². The highest BCUT2D eigenvalue weighted by Gasteiger charge is 2.11. The maximum Gasteiger partial charge on any atom is 0.251 e. The number of carbonyl (C=O) groups excluding carboxylic acids is 1. The van der Waals surface area contributed by atoms with Crippen LogP contribution in [-0.2, 0) is 13.0 Å². The number of aromatic nitrogens is 2. The quantitative estimate of drug-likeness (QED) is 0.211. The van der Waals surface area contributed by atoms with Gasteiger partial charge >= 0.3 is 0 Å². The first kappa shape index (κ1) is 25.8. The Hall–Kier alpha value is -3.31. The molecule has 0 radical (unpaired) electrons. The Kier molecular flexibility index (Phi) is 9.01. The van der Waals surface area contributed by atoms with E-state index in [9.17, 15) is 4.79 Å². The first-order valence-electron chi connectivity index (χ1n) is 12.8. The summed E-state index contributed by atoms with van der Waals surface area (Å²) in [5.74, 6) is 2.40. The van der Waals surface area contributed by atoms with Gasteiger partial charge in [-0.05, 0) is 73.2 Å². The van der Waals surface area contributed by atoms with Crippen molar-refractivity contribution < 1.29 is 9.53 Å². The summed E-state index contributed by atoms with van der Waals surface area (Å²) in [5, 5.41) is 3.54. The molecule has 4 rings (SSSR count). The molecule has 1 heterocycles. The monoisotopic (exact) mass is 503 g/mol. The SMILES string of the molecule is CCC(C)c1ccc(OCCCn2c(CCCNC(=O)c3cccc(Cl)c3)nc3ccccc32)cc1. The average molecular weight is 504 g/mol. The number of carbonyl (C=O) groups is 1. The molecule has 0 aliphatic heterocycles. The summed E-state index contributed by atoms with van der Waals surface area (Å²) >= 11 is 6.00. The van der Waals surface area contributed by atoms with Crippen molar-refractivity contribution in [2.75, 3.05) is 13.2 Å². The van der Waals surface area contributed by atoms with Crippen LogP contribution < -0.4 is 10.1 Å². The normalized spacial score (nSPS) is 12.0. The third-order valence-electron chi connectivity index (χ3n) is 6.54. The Labute approximate surface area is 218 Å². The van der Waals surface area contributed by atoms with Crippen molar-refractivity contribution in [3.8, 4) is 5.75 Å². The van der Waals surface area contributed by atoms with Gasteiger partial charge in [0, 0.05) is 30.1 Å². The lowest BCUT2D eigenvalue weighted by molar-refractivity contribution is 0.0953. The van der Waals surface area contributed by atoms with Crippen LogP contribution in [0.15, 0.2) is 72.8 Å². The van der Waals surface area contributed by atoms with E-state index in [-0.39, 0.29) is 5.91 Å². The Morgan fingerprint density at radius 1 is 1.06 bits per heavy atom. The molecular formula is C30H34ClN3O2. The van der Waals surface area contributed by atoms with Crippen molar-refractivity contribution in [3.63, 3.8) is 0 Å². The van der Waals surface area contributed by atoms with Gasteiger partial charge in [-0.3, -0.25) is 4.79 Å². The number of para-hydroxylation sites is 2. The summed E-state index contributed by atoms with van der Waals surface area (Å²) in [6, 6.07) is 23.7. The standard InChI is InChI=1S/C30H34ClN3O2/c1-3-22(2)23-14-16-26(17-15-23)36-20-8-19-34-28-12-5-4-11-27(28)33-29(34)13-7-18-32-30(35)24-9-6-10-25(31)21-24/h4-6,9-12,14-17,21-22H,3,7-8,13,18-20H2,1-2H3,(H,32,35).